The summed E-state index contributed by atoms with van der Waals surface area (Å²) in [5, 5.41) is 0. The van der Waals surface area contributed by atoms with Gasteiger partial charge in [-0.3, -0.25) is 4.79 Å². The lowest BCUT2D eigenvalue weighted by atomic mass is 10.1. The van der Waals surface area contributed by atoms with Crippen molar-refractivity contribution in [2.45, 2.75) is 17.9 Å². The van der Waals surface area contributed by atoms with Crippen LogP contribution in [-0.2, 0) is 0 Å². The number of nitrogens with zero attached hydrogens (tertiary/aromatic N) is 1. The molecule has 1 aliphatic heterocycles. The topological polar surface area (TPSA) is 20.3 Å². The third-order valence-electron chi connectivity index (χ3n) is 2.82. The average Bonchev–Trinajstić information content (AvgIpc) is 2.32. The predicted molar refractivity (Wildman–Crippen MR) is 71.5 cm³/mol. The molecule has 1 heterocycles. The normalized spacial score (nSPS) is 20.4. The van der Waals surface area contributed by atoms with Gasteiger partial charge in [0, 0.05) is 34.6 Å². The van der Waals surface area contributed by atoms with Crippen LogP contribution < -0.4 is 0 Å². The van der Waals surface area contributed by atoms with Crippen molar-refractivity contribution in [1.82, 2.24) is 4.90 Å². The Morgan fingerprint density at radius 1 is 1.59 bits per heavy atom. The maximum absolute atomic E-state index is 13.1. The molecule has 0 aliphatic carbocycles. The first kappa shape index (κ1) is 12.8. The van der Waals surface area contributed by atoms with Crippen LogP contribution in [0, 0.1) is 5.82 Å². The number of halogens is 1. The van der Waals surface area contributed by atoms with E-state index in [1.807, 2.05) is 23.6 Å². The third-order valence-corrected chi connectivity index (χ3v) is 4.35. The lowest BCUT2D eigenvalue weighted by molar-refractivity contribution is 0.0715. The van der Waals surface area contributed by atoms with Gasteiger partial charge in [0.15, 0.2) is 0 Å². The minimum absolute atomic E-state index is 0.0342. The summed E-state index contributed by atoms with van der Waals surface area (Å²) < 4.78 is 13.1. The monoisotopic (exact) mass is 271 g/mol. The number of rotatable bonds is 1. The summed E-state index contributed by atoms with van der Waals surface area (Å²) in [7, 11) is 0. The van der Waals surface area contributed by atoms with Gasteiger partial charge in [-0.25, -0.2) is 4.39 Å². The minimum atomic E-state index is -0.396. The second-order valence-electron chi connectivity index (χ2n) is 4.09. The molecular weight excluding hydrogens is 257 g/mol. The molecule has 5 heteroatoms. The van der Waals surface area contributed by atoms with Crippen molar-refractivity contribution in [1.29, 1.82) is 0 Å². The number of hydrogen-bond donors (Lipinski definition) is 1. The van der Waals surface area contributed by atoms with Crippen LogP contribution in [-0.4, -0.2) is 34.9 Å². The molecule has 1 unspecified atom stereocenters. The molecule has 0 bridgehead atoms. The first-order valence-electron chi connectivity index (χ1n) is 5.47. The summed E-state index contributed by atoms with van der Waals surface area (Å²) in [4.78, 5) is 14.3. The fraction of sp³-hybridized carbons (Fsp3) is 0.417. The number of thiol groups is 1. The Kier molecular flexibility index (Phi) is 3.99. The summed E-state index contributed by atoms with van der Waals surface area (Å²) in [6.07, 6.45) is 0. The van der Waals surface area contributed by atoms with E-state index in [2.05, 4.69) is 12.6 Å². The SMILES string of the molecule is CC1CSCCN1C(=O)c1ccc(F)c(S)c1. The molecule has 1 aromatic rings. The molecule has 1 amide bonds. The quantitative estimate of drug-likeness (QED) is 0.793. The Balaban J connectivity index is 2.21. The smallest absolute Gasteiger partial charge is 0.254 e. The van der Waals surface area contributed by atoms with Crippen LogP contribution in [0.2, 0.25) is 0 Å². The van der Waals surface area contributed by atoms with E-state index in [0.717, 1.165) is 18.1 Å². The molecule has 1 aliphatic rings. The largest absolute Gasteiger partial charge is 0.334 e. The zero-order valence-electron chi connectivity index (χ0n) is 9.52. The molecular formula is C12H14FNOS2. The molecule has 0 spiro atoms. The number of carbonyl (C=O) groups excluding carboxylic acids is 1. The maximum Gasteiger partial charge on any atom is 0.254 e. The van der Waals surface area contributed by atoms with Gasteiger partial charge in [-0.05, 0) is 25.1 Å². The van der Waals surface area contributed by atoms with Gasteiger partial charge in [-0.15, -0.1) is 12.6 Å². The number of thioether (sulfide) groups is 1. The molecule has 0 radical (unpaired) electrons. The van der Waals surface area contributed by atoms with Crippen LogP contribution in [0.1, 0.15) is 17.3 Å². The first-order valence-corrected chi connectivity index (χ1v) is 7.07. The van der Waals surface area contributed by atoms with Crippen LogP contribution in [0.4, 0.5) is 4.39 Å². The van der Waals surface area contributed by atoms with E-state index in [1.165, 1.54) is 18.2 Å². The predicted octanol–water partition coefficient (Wildman–Crippen LogP) is 2.69. The highest BCUT2D eigenvalue weighted by Gasteiger charge is 2.24. The fourth-order valence-electron chi connectivity index (χ4n) is 1.84. The van der Waals surface area contributed by atoms with Crippen LogP contribution in [0.15, 0.2) is 23.1 Å². The van der Waals surface area contributed by atoms with Crippen LogP contribution in [0.25, 0.3) is 0 Å². The van der Waals surface area contributed by atoms with Crippen molar-refractivity contribution in [2.24, 2.45) is 0 Å². The summed E-state index contributed by atoms with van der Waals surface area (Å²) >= 11 is 5.85. The highest BCUT2D eigenvalue weighted by molar-refractivity contribution is 7.99. The molecule has 0 aromatic heterocycles. The van der Waals surface area contributed by atoms with Crippen LogP contribution in [0.5, 0.6) is 0 Å². The van der Waals surface area contributed by atoms with Crippen LogP contribution >= 0.6 is 24.4 Å². The second-order valence-corrected chi connectivity index (χ2v) is 5.72. The van der Waals surface area contributed by atoms with Crippen LogP contribution in [0.3, 0.4) is 0 Å². The van der Waals surface area contributed by atoms with Gasteiger partial charge in [0.25, 0.3) is 5.91 Å². The Bertz CT molecular complexity index is 439. The van der Waals surface area contributed by atoms with E-state index < -0.39 is 5.82 Å². The molecule has 1 fully saturated rings. The molecule has 0 saturated carbocycles. The number of benzene rings is 1. The first-order chi connectivity index (χ1) is 8.09. The summed E-state index contributed by atoms with van der Waals surface area (Å²) in [6.45, 7) is 2.79. The van der Waals surface area contributed by atoms with E-state index in [-0.39, 0.29) is 16.8 Å². The molecule has 92 valence electrons. The number of hydrogen-bond acceptors (Lipinski definition) is 3. The van der Waals surface area contributed by atoms with Gasteiger partial charge in [0.05, 0.1) is 0 Å². The number of carbonyl (C=O) groups is 1. The molecule has 0 N–H and O–H groups in total. The van der Waals surface area contributed by atoms with Gasteiger partial charge in [-0.2, -0.15) is 11.8 Å². The lowest BCUT2D eigenvalue weighted by Crippen LogP contribution is -2.44. The zero-order valence-corrected chi connectivity index (χ0v) is 11.2. The van der Waals surface area contributed by atoms with E-state index in [1.54, 1.807) is 0 Å². The van der Waals surface area contributed by atoms with Gasteiger partial charge in [0.1, 0.15) is 5.82 Å². The van der Waals surface area contributed by atoms with E-state index in [9.17, 15) is 9.18 Å². The zero-order chi connectivity index (χ0) is 12.4. The van der Waals surface area contributed by atoms with Gasteiger partial charge in [0.2, 0.25) is 0 Å². The molecule has 1 aromatic carbocycles. The Labute approximate surface area is 110 Å². The summed E-state index contributed by atoms with van der Waals surface area (Å²) in [6, 6.07) is 4.54. The van der Waals surface area contributed by atoms with Gasteiger partial charge < -0.3 is 4.90 Å². The molecule has 2 rings (SSSR count). The second kappa shape index (κ2) is 5.31. The van der Waals surface area contributed by atoms with Crippen molar-refractivity contribution in [2.75, 3.05) is 18.1 Å². The lowest BCUT2D eigenvalue weighted by Gasteiger charge is -2.33. The molecule has 1 saturated heterocycles. The van der Waals surface area contributed by atoms with Crippen molar-refractivity contribution in [3.05, 3.63) is 29.6 Å². The average molecular weight is 271 g/mol. The Hall–Kier alpha value is -0.680. The Morgan fingerprint density at radius 2 is 2.35 bits per heavy atom. The Morgan fingerprint density at radius 3 is 3.00 bits per heavy atom. The van der Waals surface area contributed by atoms with Gasteiger partial charge >= 0.3 is 0 Å². The van der Waals surface area contributed by atoms with Gasteiger partial charge in [-0.1, -0.05) is 0 Å². The van der Waals surface area contributed by atoms with Crippen molar-refractivity contribution in [3.8, 4) is 0 Å². The minimum Gasteiger partial charge on any atom is -0.334 e. The van der Waals surface area contributed by atoms with E-state index in [4.69, 9.17) is 0 Å². The van der Waals surface area contributed by atoms with Crippen molar-refractivity contribution < 1.29 is 9.18 Å². The summed E-state index contributed by atoms with van der Waals surface area (Å²) in [5.74, 6) is 1.49. The third kappa shape index (κ3) is 2.77. The molecule has 17 heavy (non-hydrogen) atoms. The fourth-order valence-corrected chi connectivity index (χ4v) is 3.07. The molecule has 2 nitrogen and oxygen atoms in total. The highest BCUT2D eigenvalue weighted by atomic mass is 32.2. The summed E-state index contributed by atoms with van der Waals surface area (Å²) in [5.41, 5.74) is 0.509. The standard InChI is InChI=1S/C12H14FNOS2/c1-8-7-17-5-4-14(8)12(15)9-2-3-10(13)11(16)6-9/h2-3,6,8,16H,4-5,7H2,1H3. The van der Waals surface area contributed by atoms with E-state index in [0.29, 0.717) is 5.56 Å². The molecule has 1 atom stereocenters. The number of amides is 1. The van der Waals surface area contributed by atoms with Crippen molar-refractivity contribution >= 4 is 30.3 Å². The maximum atomic E-state index is 13.1. The van der Waals surface area contributed by atoms with E-state index >= 15 is 0 Å². The highest BCUT2D eigenvalue weighted by Crippen LogP contribution is 2.20. The van der Waals surface area contributed by atoms with Crippen molar-refractivity contribution in [3.63, 3.8) is 0 Å².